The zero-order chi connectivity index (χ0) is 13.1. The maximum atomic E-state index is 12.1. The lowest BCUT2D eigenvalue weighted by Crippen LogP contribution is -2.37. The fourth-order valence-electron chi connectivity index (χ4n) is 1.62. The second kappa shape index (κ2) is 5.97. The van der Waals surface area contributed by atoms with Gasteiger partial charge in [0.05, 0.1) is 6.20 Å². The Balaban J connectivity index is 2.82. The number of aryl methyl sites for hydroxylation is 1. The van der Waals surface area contributed by atoms with Gasteiger partial charge < -0.3 is 0 Å². The van der Waals surface area contributed by atoms with Crippen LogP contribution in [0.15, 0.2) is 17.3 Å². The van der Waals surface area contributed by atoms with E-state index in [-0.39, 0.29) is 11.1 Å². The van der Waals surface area contributed by atoms with Crippen LogP contribution in [0.25, 0.3) is 0 Å². The lowest BCUT2D eigenvalue weighted by atomic mass is 10.1. The highest BCUT2D eigenvalue weighted by atomic mass is 79.9. The predicted molar refractivity (Wildman–Crippen MR) is 70.6 cm³/mol. The number of hydrogen-bond donors (Lipinski definition) is 1. The number of nitrogens with zero attached hydrogens (tertiary/aromatic N) is 2. The largest absolute Gasteiger partial charge is 0.257 e. The van der Waals surface area contributed by atoms with Gasteiger partial charge in [-0.3, -0.25) is 4.68 Å². The third-order valence-corrected chi connectivity index (χ3v) is 4.69. The average molecular weight is 324 g/mol. The topological polar surface area (TPSA) is 64.0 Å². The van der Waals surface area contributed by atoms with Crippen LogP contribution in [0.1, 0.15) is 20.3 Å². The molecule has 17 heavy (non-hydrogen) atoms. The summed E-state index contributed by atoms with van der Waals surface area (Å²) in [5.74, 6) is 0.437. The van der Waals surface area contributed by atoms with Crippen molar-refractivity contribution in [3.05, 3.63) is 12.3 Å². The molecule has 0 spiro atoms. The van der Waals surface area contributed by atoms with E-state index in [1.165, 1.54) is 16.9 Å². The van der Waals surface area contributed by atoms with E-state index in [9.17, 15) is 8.42 Å². The SMILES string of the molecule is CC(C)CC(CBr)NS(=O)(=O)c1ccnn1C. The smallest absolute Gasteiger partial charge is 0.256 e. The van der Waals surface area contributed by atoms with Crippen LogP contribution in [0.2, 0.25) is 0 Å². The van der Waals surface area contributed by atoms with Gasteiger partial charge in [0.1, 0.15) is 0 Å². The molecule has 1 heterocycles. The highest BCUT2D eigenvalue weighted by Crippen LogP contribution is 2.12. The summed E-state index contributed by atoms with van der Waals surface area (Å²) in [5, 5.41) is 4.65. The van der Waals surface area contributed by atoms with E-state index in [0.29, 0.717) is 11.2 Å². The van der Waals surface area contributed by atoms with E-state index < -0.39 is 10.0 Å². The Morgan fingerprint density at radius 3 is 2.59 bits per heavy atom. The first-order valence-corrected chi connectivity index (χ1v) is 8.03. The van der Waals surface area contributed by atoms with Crippen LogP contribution in [0.3, 0.4) is 0 Å². The first-order chi connectivity index (χ1) is 7.86. The van der Waals surface area contributed by atoms with Gasteiger partial charge in [0.15, 0.2) is 5.03 Å². The van der Waals surface area contributed by atoms with Crippen molar-refractivity contribution in [2.45, 2.75) is 31.3 Å². The van der Waals surface area contributed by atoms with Crippen molar-refractivity contribution >= 4 is 26.0 Å². The number of nitrogens with one attached hydrogen (secondary N) is 1. The highest BCUT2D eigenvalue weighted by Gasteiger charge is 2.22. The lowest BCUT2D eigenvalue weighted by Gasteiger charge is -2.18. The molecule has 0 saturated carbocycles. The van der Waals surface area contributed by atoms with Crippen molar-refractivity contribution in [2.75, 3.05) is 5.33 Å². The molecule has 1 atom stereocenters. The van der Waals surface area contributed by atoms with Crippen LogP contribution in [-0.2, 0) is 17.1 Å². The minimum atomic E-state index is -3.48. The lowest BCUT2D eigenvalue weighted by molar-refractivity contribution is 0.484. The fraction of sp³-hybridized carbons (Fsp3) is 0.700. The van der Waals surface area contributed by atoms with Gasteiger partial charge >= 0.3 is 0 Å². The van der Waals surface area contributed by atoms with E-state index in [0.717, 1.165) is 6.42 Å². The summed E-state index contributed by atoms with van der Waals surface area (Å²) >= 11 is 3.33. The molecule has 1 aromatic heterocycles. The van der Waals surface area contributed by atoms with E-state index in [4.69, 9.17) is 0 Å². The monoisotopic (exact) mass is 323 g/mol. The van der Waals surface area contributed by atoms with Crippen LogP contribution < -0.4 is 4.72 Å². The second-order valence-corrected chi connectivity index (χ2v) is 6.70. The zero-order valence-corrected chi connectivity index (χ0v) is 12.6. The molecule has 0 radical (unpaired) electrons. The van der Waals surface area contributed by atoms with Crippen LogP contribution in [0.4, 0.5) is 0 Å². The van der Waals surface area contributed by atoms with Crippen LogP contribution >= 0.6 is 15.9 Å². The first-order valence-electron chi connectivity index (χ1n) is 5.43. The molecule has 0 aliphatic carbocycles. The normalized spacial score (nSPS) is 14.2. The molecule has 1 unspecified atom stereocenters. The van der Waals surface area contributed by atoms with Gasteiger partial charge in [-0.1, -0.05) is 29.8 Å². The molecule has 7 heteroatoms. The Bertz CT molecular complexity index is 456. The zero-order valence-electron chi connectivity index (χ0n) is 10.2. The number of sulfonamides is 1. The molecular formula is C10H18BrN3O2S. The highest BCUT2D eigenvalue weighted by molar-refractivity contribution is 9.09. The summed E-state index contributed by atoms with van der Waals surface area (Å²) in [4.78, 5) is 0. The number of hydrogen-bond acceptors (Lipinski definition) is 3. The van der Waals surface area contributed by atoms with Gasteiger partial charge in [-0.2, -0.15) is 5.10 Å². The average Bonchev–Trinajstić information content (AvgIpc) is 2.63. The van der Waals surface area contributed by atoms with Gasteiger partial charge in [-0.05, 0) is 18.4 Å². The molecule has 0 aliphatic heterocycles. The summed E-state index contributed by atoms with van der Waals surface area (Å²) in [6.45, 7) is 4.13. The fourth-order valence-corrected chi connectivity index (χ4v) is 3.63. The minimum Gasteiger partial charge on any atom is -0.256 e. The molecule has 1 rings (SSSR count). The van der Waals surface area contributed by atoms with Crippen LogP contribution in [0.5, 0.6) is 0 Å². The molecule has 0 bridgehead atoms. The molecular weight excluding hydrogens is 306 g/mol. The minimum absolute atomic E-state index is 0.102. The maximum Gasteiger partial charge on any atom is 0.257 e. The molecule has 98 valence electrons. The molecule has 0 aliphatic rings. The summed E-state index contributed by atoms with van der Waals surface area (Å²) in [6, 6.07) is 1.39. The molecule has 1 N–H and O–H groups in total. The van der Waals surface area contributed by atoms with Crippen LogP contribution in [-0.4, -0.2) is 29.6 Å². The van der Waals surface area contributed by atoms with Crippen molar-refractivity contribution in [1.82, 2.24) is 14.5 Å². The summed E-state index contributed by atoms with van der Waals surface area (Å²) in [5.41, 5.74) is 0. The van der Waals surface area contributed by atoms with E-state index in [1.807, 2.05) is 0 Å². The van der Waals surface area contributed by atoms with Crippen molar-refractivity contribution in [2.24, 2.45) is 13.0 Å². The third kappa shape index (κ3) is 4.08. The van der Waals surface area contributed by atoms with Crippen molar-refractivity contribution in [1.29, 1.82) is 0 Å². The maximum absolute atomic E-state index is 12.1. The number of halogens is 1. The number of rotatable bonds is 6. The van der Waals surface area contributed by atoms with Crippen molar-refractivity contribution in [3.8, 4) is 0 Å². The first kappa shape index (κ1) is 14.7. The summed E-state index contributed by atoms with van der Waals surface area (Å²) in [7, 11) is -1.87. The van der Waals surface area contributed by atoms with Gasteiger partial charge in [-0.25, -0.2) is 13.1 Å². The van der Waals surface area contributed by atoms with Crippen LogP contribution in [0, 0.1) is 5.92 Å². The Hall–Kier alpha value is -0.400. The second-order valence-electron chi connectivity index (χ2n) is 4.40. The van der Waals surface area contributed by atoms with E-state index >= 15 is 0 Å². The van der Waals surface area contributed by atoms with E-state index in [2.05, 4.69) is 39.6 Å². The van der Waals surface area contributed by atoms with Crippen molar-refractivity contribution in [3.63, 3.8) is 0 Å². The van der Waals surface area contributed by atoms with Gasteiger partial charge in [0, 0.05) is 18.4 Å². The molecule has 0 fully saturated rings. The predicted octanol–water partition coefficient (Wildman–Crippen LogP) is 1.51. The molecule has 0 aromatic carbocycles. The Morgan fingerprint density at radius 1 is 1.53 bits per heavy atom. The number of aromatic nitrogens is 2. The van der Waals surface area contributed by atoms with E-state index in [1.54, 1.807) is 7.05 Å². The molecule has 5 nitrogen and oxygen atoms in total. The standard InChI is InChI=1S/C10H18BrN3O2S/c1-8(2)6-9(7-11)13-17(15,16)10-4-5-12-14(10)3/h4-5,8-9,13H,6-7H2,1-3H3. The molecule has 1 aromatic rings. The van der Waals surface area contributed by atoms with Gasteiger partial charge in [0.25, 0.3) is 10.0 Å². The Morgan fingerprint density at radius 2 is 2.18 bits per heavy atom. The quantitative estimate of drug-likeness (QED) is 0.807. The Labute approximate surface area is 111 Å². The molecule has 0 saturated heterocycles. The summed E-state index contributed by atoms with van der Waals surface area (Å²) in [6.07, 6.45) is 2.27. The summed E-state index contributed by atoms with van der Waals surface area (Å²) < 4.78 is 28.2. The Kier molecular flexibility index (Phi) is 5.15. The third-order valence-electron chi connectivity index (χ3n) is 2.32. The van der Waals surface area contributed by atoms with Gasteiger partial charge in [-0.15, -0.1) is 0 Å². The van der Waals surface area contributed by atoms with Crippen molar-refractivity contribution < 1.29 is 8.42 Å². The number of alkyl halides is 1. The van der Waals surface area contributed by atoms with Gasteiger partial charge in [0.2, 0.25) is 0 Å². The molecule has 0 amide bonds.